The number of rotatable bonds is 5. The molecule has 2 fully saturated rings. The predicted octanol–water partition coefficient (Wildman–Crippen LogP) is 2.96. The highest BCUT2D eigenvalue weighted by Crippen LogP contribution is 2.50. The second-order valence-electron chi connectivity index (χ2n) is 8.34. The van der Waals surface area contributed by atoms with E-state index in [1.54, 1.807) is 0 Å². The summed E-state index contributed by atoms with van der Waals surface area (Å²) in [4.78, 5) is 19.6. The number of aromatic nitrogens is 5. The van der Waals surface area contributed by atoms with E-state index >= 15 is 0 Å². The Bertz CT molecular complexity index is 1020. The van der Waals surface area contributed by atoms with Gasteiger partial charge in [-0.25, -0.2) is 4.68 Å². The largest absolute Gasteiger partial charge is 0.340 e. The van der Waals surface area contributed by atoms with Gasteiger partial charge in [0.05, 0.1) is 17.7 Å². The number of amides is 1. The minimum atomic E-state index is -0.319. The summed E-state index contributed by atoms with van der Waals surface area (Å²) >= 11 is 0. The van der Waals surface area contributed by atoms with E-state index < -0.39 is 0 Å². The van der Waals surface area contributed by atoms with Crippen LogP contribution in [0.2, 0.25) is 0 Å². The molecule has 1 saturated heterocycles. The van der Waals surface area contributed by atoms with Crippen LogP contribution in [0.4, 0.5) is 0 Å². The third-order valence-corrected chi connectivity index (χ3v) is 6.00. The molecule has 1 aliphatic carbocycles. The van der Waals surface area contributed by atoms with Crippen LogP contribution in [0.25, 0.3) is 11.6 Å². The molecule has 1 aliphatic heterocycles. The Morgan fingerprint density at radius 3 is 2.72 bits per heavy atom. The van der Waals surface area contributed by atoms with Crippen molar-refractivity contribution in [3.8, 4) is 11.6 Å². The quantitative estimate of drug-likeness (QED) is 0.663. The van der Waals surface area contributed by atoms with Gasteiger partial charge in [-0.2, -0.15) is 4.98 Å². The van der Waals surface area contributed by atoms with Gasteiger partial charge in [0.15, 0.2) is 11.5 Å². The summed E-state index contributed by atoms with van der Waals surface area (Å²) in [5.74, 6) is 1.47. The molecule has 1 aromatic carbocycles. The van der Waals surface area contributed by atoms with Crippen LogP contribution in [0, 0.1) is 0 Å². The van der Waals surface area contributed by atoms with Crippen molar-refractivity contribution in [1.29, 1.82) is 0 Å². The highest BCUT2D eigenvalue weighted by Gasteiger charge is 2.53. The van der Waals surface area contributed by atoms with Crippen molar-refractivity contribution in [1.82, 2.24) is 30.0 Å². The highest BCUT2D eigenvalue weighted by atomic mass is 16.5. The van der Waals surface area contributed by atoms with Crippen LogP contribution in [0.15, 0.2) is 41.1 Å². The Morgan fingerprint density at radius 1 is 1.24 bits per heavy atom. The molecule has 2 aromatic heterocycles. The van der Waals surface area contributed by atoms with Gasteiger partial charge in [-0.1, -0.05) is 54.5 Å². The maximum atomic E-state index is 13.2. The lowest BCUT2D eigenvalue weighted by atomic mass is 9.94. The van der Waals surface area contributed by atoms with Crippen LogP contribution in [0.1, 0.15) is 56.5 Å². The van der Waals surface area contributed by atoms with E-state index in [0.29, 0.717) is 24.0 Å². The molecule has 0 spiro atoms. The molecule has 0 unspecified atom stereocenters. The smallest absolute Gasteiger partial charge is 0.280 e. The minimum Gasteiger partial charge on any atom is -0.340 e. The van der Waals surface area contributed by atoms with Crippen LogP contribution in [0.5, 0.6) is 0 Å². The van der Waals surface area contributed by atoms with Crippen molar-refractivity contribution >= 4 is 5.91 Å². The fraction of sp³-hybridized carbons (Fsp3) is 0.476. The average molecular weight is 392 g/mol. The first-order valence-electron chi connectivity index (χ1n) is 10.2. The van der Waals surface area contributed by atoms with E-state index in [1.807, 2.05) is 47.8 Å². The summed E-state index contributed by atoms with van der Waals surface area (Å²) in [5, 5.41) is 12.4. The first kappa shape index (κ1) is 18.0. The summed E-state index contributed by atoms with van der Waals surface area (Å²) in [7, 11) is 0. The number of carbonyl (C=O) groups is 1. The van der Waals surface area contributed by atoms with Gasteiger partial charge in [-0.05, 0) is 24.8 Å². The molecule has 150 valence electrons. The lowest BCUT2D eigenvalue weighted by Gasteiger charge is -2.23. The topological polar surface area (TPSA) is 89.9 Å². The Hall–Kier alpha value is -3.03. The second kappa shape index (κ2) is 6.79. The molecule has 5 rings (SSSR count). The molecule has 29 heavy (non-hydrogen) atoms. The van der Waals surface area contributed by atoms with Crippen LogP contribution in [0.3, 0.4) is 0 Å². The lowest BCUT2D eigenvalue weighted by molar-refractivity contribution is -0.133. The van der Waals surface area contributed by atoms with E-state index in [1.165, 1.54) is 0 Å². The van der Waals surface area contributed by atoms with Gasteiger partial charge in [-0.15, -0.1) is 5.10 Å². The molecule has 1 atom stereocenters. The van der Waals surface area contributed by atoms with E-state index in [-0.39, 0.29) is 23.3 Å². The number of hydrogen-bond acceptors (Lipinski definition) is 6. The zero-order chi connectivity index (χ0) is 20.0. The SMILES string of the molecule is CC(C)c1noc(-c2cn([C@@H]3CCN(C(=O)C4(c5ccccc5)CC4)C3)nn2)n1. The van der Waals surface area contributed by atoms with Gasteiger partial charge in [0.25, 0.3) is 5.89 Å². The molecule has 0 N–H and O–H groups in total. The summed E-state index contributed by atoms with van der Waals surface area (Å²) in [6.07, 6.45) is 4.56. The maximum Gasteiger partial charge on any atom is 0.280 e. The summed E-state index contributed by atoms with van der Waals surface area (Å²) in [6, 6.07) is 10.3. The molecule has 1 amide bonds. The predicted molar refractivity (Wildman–Crippen MR) is 105 cm³/mol. The Kier molecular flexibility index (Phi) is 4.22. The van der Waals surface area contributed by atoms with Crippen LogP contribution in [-0.4, -0.2) is 49.0 Å². The van der Waals surface area contributed by atoms with Gasteiger partial charge in [0.1, 0.15) is 0 Å². The van der Waals surface area contributed by atoms with Crippen molar-refractivity contribution in [3.63, 3.8) is 0 Å². The van der Waals surface area contributed by atoms with Crippen molar-refractivity contribution in [2.45, 2.75) is 50.5 Å². The summed E-state index contributed by atoms with van der Waals surface area (Å²) < 4.78 is 7.13. The third-order valence-electron chi connectivity index (χ3n) is 6.00. The van der Waals surface area contributed by atoms with Crippen molar-refractivity contribution < 1.29 is 9.32 Å². The number of benzene rings is 1. The average Bonchev–Trinajstić information content (AvgIpc) is 3.15. The lowest BCUT2D eigenvalue weighted by Crippen LogP contribution is -2.38. The van der Waals surface area contributed by atoms with Crippen molar-refractivity contribution in [2.75, 3.05) is 13.1 Å². The van der Waals surface area contributed by atoms with Gasteiger partial charge in [0, 0.05) is 19.0 Å². The van der Waals surface area contributed by atoms with E-state index in [0.717, 1.165) is 31.4 Å². The normalized spacial score (nSPS) is 20.4. The molecular weight excluding hydrogens is 368 g/mol. The summed E-state index contributed by atoms with van der Waals surface area (Å²) in [5.41, 5.74) is 1.38. The Balaban J connectivity index is 1.29. The maximum absolute atomic E-state index is 13.2. The molecule has 0 radical (unpaired) electrons. The second-order valence-corrected chi connectivity index (χ2v) is 8.34. The molecule has 8 nitrogen and oxygen atoms in total. The Labute approximate surface area is 168 Å². The van der Waals surface area contributed by atoms with Gasteiger partial charge < -0.3 is 9.42 Å². The highest BCUT2D eigenvalue weighted by molar-refractivity contribution is 5.91. The first-order chi connectivity index (χ1) is 14.1. The first-order valence-corrected chi connectivity index (χ1v) is 10.2. The van der Waals surface area contributed by atoms with Crippen LogP contribution in [-0.2, 0) is 10.2 Å². The fourth-order valence-electron chi connectivity index (χ4n) is 4.08. The summed E-state index contributed by atoms with van der Waals surface area (Å²) in [6.45, 7) is 5.41. The van der Waals surface area contributed by atoms with Crippen LogP contribution < -0.4 is 0 Å². The number of hydrogen-bond donors (Lipinski definition) is 0. The zero-order valence-corrected chi connectivity index (χ0v) is 16.7. The molecule has 3 heterocycles. The number of nitrogens with zero attached hydrogens (tertiary/aromatic N) is 6. The van der Waals surface area contributed by atoms with Gasteiger partial charge in [0.2, 0.25) is 5.91 Å². The van der Waals surface area contributed by atoms with Crippen molar-refractivity contribution in [3.05, 3.63) is 47.9 Å². The minimum absolute atomic E-state index is 0.110. The van der Waals surface area contributed by atoms with Crippen LogP contribution >= 0.6 is 0 Å². The number of likely N-dealkylation sites (tertiary alicyclic amines) is 1. The third kappa shape index (κ3) is 3.12. The monoisotopic (exact) mass is 392 g/mol. The van der Waals surface area contributed by atoms with Gasteiger partial charge >= 0.3 is 0 Å². The zero-order valence-electron chi connectivity index (χ0n) is 16.7. The molecule has 2 aliphatic rings. The van der Waals surface area contributed by atoms with Gasteiger partial charge in [-0.3, -0.25) is 4.79 Å². The molecule has 8 heteroatoms. The fourth-order valence-corrected chi connectivity index (χ4v) is 4.08. The van der Waals surface area contributed by atoms with E-state index in [4.69, 9.17) is 4.52 Å². The number of carbonyl (C=O) groups excluding carboxylic acids is 1. The standard InChI is InChI=1S/C21H24N6O2/c1-14(2)18-22-19(29-24-18)17-13-27(25-23-17)16-8-11-26(12-16)20(28)21(9-10-21)15-6-4-3-5-7-15/h3-7,13-14,16H,8-12H2,1-2H3/t16-/m1/s1. The van der Waals surface area contributed by atoms with Crippen molar-refractivity contribution in [2.24, 2.45) is 0 Å². The molecule has 3 aromatic rings. The molecule has 0 bridgehead atoms. The van der Waals surface area contributed by atoms with E-state index in [2.05, 4.69) is 32.6 Å². The van der Waals surface area contributed by atoms with E-state index in [9.17, 15) is 4.79 Å². The molecular formula is C21H24N6O2. The Morgan fingerprint density at radius 2 is 2.03 bits per heavy atom. The molecule has 1 saturated carbocycles.